The maximum Gasteiger partial charge on any atom is 0.141 e. The minimum Gasteiger partial charge on any atom is -0.383 e. The number of aryl methyl sites for hydroxylation is 1. The van der Waals surface area contributed by atoms with E-state index < -0.39 is 0 Å². The summed E-state index contributed by atoms with van der Waals surface area (Å²) >= 11 is 5.97. The van der Waals surface area contributed by atoms with Crippen molar-refractivity contribution in [1.29, 1.82) is 0 Å². The zero-order chi connectivity index (χ0) is 10.9. The van der Waals surface area contributed by atoms with E-state index in [-0.39, 0.29) is 0 Å². The summed E-state index contributed by atoms with van der Waals surface area (Å²) in [6.07, 6.45) is 1.06. The van der Waals surface area contributed by atoms with Gasteiger partial charge in [-0.3, -0.25) is 0 Å². The normalized spacial score (nSPS) is 13.6. The van der Waals surface area contributed by atoms with Crippen LogP contribution in [-0.4, -0.2) is 9.78 Å². The van der Waals surface area contributed by atoms with Crippen LogP contribution in [0, 0.1) is 12.8 Å². The molecular weight excluding hydrogens is 198 g/mol. The van der Waals surface area contributed by atoms with Gasteiger partial charge in [-0.1, -0.05) is 25.4 Å². The van der Waals surface area contributed by atoms with Crippen molar-refractivity contribution in [2.75, 3.05) is 5.73 Å². The van der Waals surface area contributed by atoms with Crippen molar-refractivity contribution >= 4 is 17.4 Å². The summed E-state index contributed by atoms with van der Waals surface area (Å²) in [5.41, 5.74) is 6.65. The Labute approximate surface area is 90.2 Å². The van der Waals surface area contributed by atoms with Gasteiger partial charge in [-0.05, 0) is 26.2 Å². The van der Waals surface area contributed by atoms with Crippen LogP contribution in [0.2, 0.25) is 5.02 Å². The van der Waals surface area contributed by atoms with Crippen molar-refractivity contribution in [3.63, 3.8) is 0 Å². The SMILES string of the molecule is Cc1nn(C(C)CC(C)C)c(N)c1Cl. The second-order valence-corrected chi connectivity index (χ2v) is 4.59. The van der Waals surface area contributed by atoms with E-state index in [0.29, 0.717) is 22.8 Å². The summed E-state index contributed by atoms with van der Waals surface area (Å²) in [7, 11) is 0. The first-order valence-corrected chi connectivity index (χ1v) is 5.31. The maximum atomic E-state index is 5.97. The van der Waals surface area contributed by atoms with Crippen molar-refractivity contribution in [3.05, 3.63) is 10.7 Å². The van der Waals surface area contributed by atoms with Crippen molar-refractivity contribution in [1.82, 2.24) is 9.78 Å². The van der Waals surface area contributed by atoms with E-state index in [1.807, 2.05) is 11.6 Å². The molecule has 0 bridgehead atoms. The standard InChI is InChI=1S/C10H18ClN3/c1-6(2)5-7(3)14-10(12)9(11)8(4)13-14/h6-7H,5,12H2,1-4H3. The Hall–Kier alpha value is -0.700. The summed E-state index contributed by atoms with van der Waals surface area (Å²) in [5, 5.41) is 4.91. The van der Waals surface area contributed by atoms with E-state index >= 15 is 0 Å². The minimum atomic E-state index is 0.307. The van der Waals surface area contributed by atoms with E-state index in [2.05, 4.69) is 25.9 Å². The quantitative estimate of drug-likeness (QED) is 0.843. The third kappa shape index (κ3) is 2.21. The van der Waals surface area contributed by atoms with Gasteiger partial charge in [0, 0.05) is 0 Å². The van der Waals surface area contributed by atoms with Crippen LogP contribution >= 0.6 is 11.6 Å². The highest BCUT2D eigenvalue weighted by Gasteiger charge is 2.15. The van der Waals surface area contributed by atoms with Gasteiger partial charge in [-0.15, -0.1) is 0 Å². The maximum absolute atomic E-state index is 5.97. The zero-order valence-corrected chi connectivity index (χ0v) is 9.97. The molecule has 0 saturated heterocycles. The lowest BCUT2D eigenvalue weighted by Gasteiger charge is -2.15. The molecule has 1 aromatic heterocycles. The van der Waals surface area contributed by atoms with E-state index in [9.17, 15) is 0 Å². The first kappa shape index (κ1) is 11.4. The molecule has 0 radical (unpaired) electrons. The molecule has 0 fully saturated rings. The van der Waals surface area contributed by atoms with E-state index in [1.165, 1.54) is 0 Å². The Morgan fingerprint density at radius 2 is 2.00 bits per heavy atom. The topological polar surface area (TPSA) is 43.8 Å². The Balaban J connectivity index is 2.90. The molecule has 0 aliphatic heterocycles. The first-order chi connectivity index (χ1) is 6.43. The molecule has 0 aromatic carbocycles. The molecule has 80 valence electrons. The predicted octanol–water partition coefficient (Wildman–Crippen LogP) is 3.03. The summed E-state index contributed by atoms with van der Waals surface area (Å²) in [5.74, 6) is 1.21. The summed E-state index contributed by atoms with van der Waals surface area (Å²) in [6.45, 7) is 8.35. The monoisotopic (exact) mass is 215 g/mol. The number of hydrogen-bond acceptors (Lipinski definition) is 2. The number of nitrogen functional groups attached to an aromatic ring is 1. The number of aromatic nitrogens is 2. The number of nitrogens with two attached hydrogens (primary N) is 1. The molecule has 14 heavy (non-hydrogen) atoms. The third-order valence-corrected chi connectivity index (χ3v) is 2.74. The van der Waals surface area contributed by atoms with Gasteiger partial charge in [-0.2, -0.15) is 5.10 Å². The molecule has 0 amide bonds. The highest BCUT2D eigenvalue weighted by Crippen LogP contribution is 2.27. The van der Waals surface area contributed by atoms with Crippen LogP contribution in [-0.2, 0) is 0 Å². The molecule has 0 saturated carbocycles. The van der Waals surface area contributed by atoms with E-state index in [0.717, 1.165) is 12.1 Å². The lowest BCUT2D eigenvalue weighted by Crippen LogP contribution is -2.12. The van der Waals surface area contributed by atoms with Crippen molar-refractivity contribution in [2.45, 2.75) is 40.2 Å². The number of nitrogens with zero attached hydrogens (tertiary/aromatic N) is 2. The zero-order valence-electron chi connectivity index (χ0n) is 9.21. The van der Waals surface area contributed by atoms with E-state index in [4.69, 9.17) is 17.3 Å². The molecule has 0 spiro atoms. The fourth-order valence-corrected chi connectivity index (χ4v) is 1.79. The van der Waals surface area contributed by atoms with Crippen LogP contribution < -0.4 is 5.73 Å². The van der Waals surface area contributed by atoms with Crippen LogP contribution in [0.3, 0.4) is 0 Å². The number of anilines is 1. The van der Waals surface area contributed by atoms with Crippen LogP contribution in [0.5, 0.6) is 0 Å². The lowest BCUT2D eigenvalue weighted by atomic mass is 10.1. The summed E-state index contributed by atoms with van der Waals surface area (Å²) in [6, 6.07) is 0.307. The van der Waals surface area contributed by atoms with Crippen LogP contribution in [0.1, 0.15) is 38.9 Å². The largest absolute Gasteiger partial charge is 0.383 e. The van der Waals surface area contributed by atoms with Crippen molar-refractivity contribution < 1.29 is 0 Å². The second kappa shape index (κ2) is 4.22. The fraction of sp³-hybridized carbons (Fsp3) is 0.700. The van der Waals surface area contributed by atoms with Gasteiger partial charge in [0.2, 0.25) is 0 Å². The molecule has 1 rings (SSSR count). The third-order valence-electron chi connectivity index (χ3n) is 2.28. The molecular formula is C10H18ClN3. The Bertz CT molecular complexity index is 317. The van der Waals surface area contributed by atoms with Gasteiger partial charge >= 0.3 is 0 Å². The molecule has 1 unspecified atom stereocenters. The van der Waals surface area contributed by atoms with Gasteiger partial charge in [0.1, 0.15) is 10.8 Å². The Morgan fingerprint density at radius 3 is 2.36 bits per heavy atom. The molecule has 4 heteroatoms. The van der Waals surface area contributed by atoms with Gasteiger partial charge in [0.25, 0.3) is 0 Å². The van der Waals surface area contributed by atoms with Crippen molar-refractivity contribution in [2.24, 2.45) is 5.92 Å². The van der Waals surface area contributed by atoms with Gasteiger partial charge in [0.15, 0.2) is 0 Å². The van der Waals surface area contributed by atoms with Crippen LogP contribution in [0.25, 0.3) is 0 Å². The average Bonchev–Trinajstić information content (AvgIpc) is 2.32. The number of rotatable bonds is 3. The van der Waals surface area contributed by atoms with Gasteiger partial charge in [-0.25, -0.2) is 4.68 Å². The Morgan fingerprint density at radius 1 is 1.43 bits per heavy atom. The average molecular weight is 216 g/mol. The predicted molar refractivity (Wildman–Crippen MR) is 60.6 cm³/mol. The van der Waals surface area contributed by atoms with E-state index in [1.54, 1.807) is 0 Å². The highest BCUT2D eigenvalue weighted by atomic mass is 35.5. The van der Waals surface area contributed by atoms with Crippen LogP contribution in [0.15, 0.2) is 0 Å². The molecule has 3 nitrogen and oxygen atoms in total. The molecule has 1 heterocycles. The molecule has 1 atom stereocenters. The number of hydrogen-bond donors (Lipinski definition) is 1. The fourth-order valence-electron chi connectivity index (χ4n) is 1.66. The lowest BCUT2D eigenvalue weighted by molar-refractivity contribution is 0.401. The smallest absolute Gasteiger partial charge is 0.141 e. The second-order valence-electron chi connectivity index (χ2n) is 4.21. The molecule has 0 aliphatic rings. The van der Waals surface area contributed by atoms with Gasteiger partial charge < -0.3 is 5.73 Å². The van der Waals surface area contributed by atoms with Crippen molar-refractivity contribution in [3.8, 4) is 0 Å². The Kier molecular flexibility index (Phi) is 3.43. The minimum absolute atomic E-state index is 0.307. The highest BCUT2D eigenvalue weighted by molar-refractivity contribution is 6.33. The van der Waals surface area contributed by atoms with Gasteiger partial charge in [0.05, 0.1) is 11.7 Å². The molecule has 1 aromatic rings. The summed E-state index contributed by atoms with van der Waals surface area (Å²) < 4.78 is 1.82. The molecule has 0 aliphatic carbocycles. The molecule has 2 N–H and O–H groups in total. The summed E-state index contributed by atoms with van der Waals surface area (Å²) in [4.78, 5) is 0. The number of halogens is 1. The van der Waals surface area contributed by atoms with Crippen LogP contribution in [0.4, 0.5) is 5.82 Å². The first-order valence-electron chi connectivity index (χ1n) is 4.93.